The first-order valence-electron chi connectivity index (χ1n) is 9.97. The van der Waals surface area contributed by atoms with Gasteiger partial charge in [-0.25, -0.2) is 5.43 Å². The molecule has 154 valence electrons. The van der Waals surface area contributed by atoms with E-state index in [-0.39, 0.29) is 24.7 Å². The number of carbonyl (C=O) groups is 2. The first-order valence-corrected chi connectivity index (χ1v) is 9.97. The number of carbonyl (C=O) groups excluding carboxylic acids is 2. The molecule has 0 unspecified atom stereocenters. The second-order valence-corrected chi connectivity index (χ2v) is 6.92. The minimum atomic E-state index is -0.294. The topological polar surface area (TPSA) is 73.8 Å². The lowest BCUT2D eigenvalue weighted by Gasteiger charge is -2.20. The summed E-state index contributed by atoms with van der Waals surface area (Å²) in [5.41, 5.74) is 7.37. The Morgan fingerprint density at radius 3 is 2.28 bits per heavy atom. The van der Waals surface area contributed by atoms with Crippen molar-refractivity contribution >= 4 is 29.4 Å². The van der Waals surface area contributed by atoms with Crippen LogP contribution in [-0.4, -0.2) is 31.1 Å². The molecule has 2 aromatic carbocycles. The molecule has 0 aliphatic heterocycles. The first-order chi connectivity index (χ1) is 13.9. The third kappa shape index (κ3) is 7.07. The second-order valence-electron chi connectivity index (χ2n) is 6.92. The Kier molecular flexibility index (Phi) is 8.40. The van der Waals surface area contributed by atoms with Gasteiger partial charge in [-0.2, -0.15) is 5.10 Å². The summed E-state index contributed by atoms with van der Waals surface area (Å²) in [6.07, 6.45) is 1.78. The molecule has 0 fully saturated rings. The molecule has 0 aromatic heterocycles. The summed E-state index contributed by atoms with van der Waals surface area (Å²) in [5, 5.41) is 6.83. The van der Waals surface area contributed by atoms with E-state index in [4.69, 9.17) is 0 Å². The Balaban J connectivity index is 1.77. The average molecular weight is 395 g/mol. The lowest BCUT2D eigenvalue weighted by molar-refractivity contribution is -0.124. The fourth-order valence-electron chi connectivity index (χ4n) is 2.90. The van der Waals surface area contributed by atoms with Gasteiger partial charge in [0.1, 0.15) is 0 Å². The third-order valence-electron chi connectivity index (χ3n) is 4.67. The van der Waals surface area contributed by atoms with Gasteiger partial charge in [0.15, 0.2) is 0 Å². The van der Waals surface area contributed by atoms with Crippen LogP contribution < -0.4 is 15.6 Å². The highest BCUT2D eigenvalue weighted by atomic mass is 16.2. The van der Waals surface area contributed by atoms with Crippen LogP contribution in [0.2, 0.25) is 0 Å². The van der Waals surface area contributed by atoms with Gasteiger partial charge in [0.25, 0.3) is 0 Å². The molecule has 0 atom stereocenters. The van der Waals surface area contributed by atoms with Gasteiger partial charge in [0.05, 0.1) is 6.21 Å². The molecule has 2 rings (SSSR count). The monoisotopic (exact) mass is 394 g/mol. The lowest BCUT2D eigenvalue weighted by Crippen LogP contribution is -2.21. The highest BCUT2D eigenvalue weighted by Crippen LogP contribution is 2.17. The number of hydrogen-bond acceptors (Lipinski definition) is 4. The molecular weight excluding hydrogens is 364 g/mol. The van der Waals surface area contributed by atoms with E-state index >= 15 is 0 Å². The molecule has 0 saturated carbocycles. The van der Waals surface area contributed by atoms with Crippen LogP contribution in [0.5, 0.6) is 0 Å². The number of amides is 2. The number of anilines is 2. The Labute approximate surface area is 173 Å². The maximum absolute atomic E-state index is 12.1. The van der Waals surface area contributed by atoms with Crippen molar-refractivity contribution in [2.45, 2.75) is 40.5 Å². The minimum Gasteiger partial charge on any atom is -0.372 e. The largest absolute Gasteiger partial charge is 0.372 e. The van der Waals surface area contributed by atoms with Crippen LogP contribution >= 0.6 is 0 Å². The SMILES string of the molecule is CCN(CC)c1ccc(/C=N/NC(=O)CCC(=O)Nc2cc(C)ccc2C)cc1. The number of rotatable bonds is 9. The highest BCUT2D eigenvalue weighted by molar-refractivity contribution is 5.94. The minimum absolute atomic E-state index is 0.0783. The van der Waals surface area contributed by atoms with Crippen LogP contribution in [-0.2, 0) is 9.59 Å². The van der Waals surface area contributed by atoms with Gasteiger partial charge in [-0.05, 0) is 62.6 Å². The van der Waals surface area contributed by atoms with Crippen molar-refractivity contribution in [3.8, 4) is 0 Å². The number of benzene rings is 2. The molecule has 6 nitrogen and oxygen atoms in total. The van der Waals surface area contributed by atoms with Crippen molar-refractivity contribution in [2.24, 2.45) is 5.10 Å². The van der Waals surface area contributed by atoms with Crippen LogP contribution in [0, 0.1) is 13.8 Å². The average Bonchev–Trinajstić information content (AvgIpc) is 2.71. The predicted octanol–water partition coefficient (Wildman–Crippen LogP) is 4.02. The maximum Gasteiger partial charge on any atom is 0.240 e. The van der Waals surface area contributed by atoms with Gasteiger partial charge in [-0.3, -0.25) is 9.59 Å². The predicted molar refractivity (Wildman–Crippen MR) is 120 cm³/mol. The van der Waals surface area contributed by atoms with Crippen molar-refractivity contribution in [2.75, 3.05) is 23.3 Å². The molecule has 6 heteroatoms. The number of nitrogens with one attached hydrogen (secondary N) is 2. The molecule has 0 aliphatic rings. The zero-order chi connectivity index (χ0) is 21.2. The summed E-state index contributed by atoms with van der Waals surface area (Å²) in [5.74, 6) is -0.484. The standard InChI is InChI=1S/C23H30N4O2/c1-5-27(6-2)20-11-9-19(10-12-20)16-24-26-23(29)14-13-22(28)25-21-15-17(3)7-8-18(21)4/h7-12,15-16H,5-6,13-14H2,1-4H3,(H,25,28)(H,26,29)/b24-16+. The molecule has 0 saturated heterocycles. The first kappa shape index (κ1) is 22.1. The molecule has 2 amide bonds. The van der Waals surface area contributed by atoms with Crippen LogP contribution in [0.3, 0.4) is 0 Å². The zero-order valence-corrected chi connectivity index (χ0v) is 17.7. The molecule has 0 spiro atoms. The number of aryl methyl sites for hydroxylation is 2. The fourth-order valence-corrected chi connectivity index (χ4v) is 2.90. The summed E-state index contributed by atoms with van der Waals surface area (Å²) in [6, 6.07) is 13.9. The molecule has 0 radical (unpaired) electrons. The third-order valence-corrected chi connectivity index (χ3v) is 4.67. The van der Waals surface area contributed by atoms with E-state index in [1.54, 1.807) is 6.21 Å². The fraction of sp³-hybridized carbons (Fsp3) is 0.348. The number of nitrogens with zero attached hydrogens (tertiary/aromatic N) is 2. The van der Waals surface area contributed by atoms with Gasteiger partial charge < -0.3 is 10.2 Å². The summed E-state index contributed by atoms with van der Waals surface area (Å²) < 4.78 is 0. The normalized spacial score (nSPS) is 10.8. The Hall–Kier alpha value is -3.15. The maximum atomic E-state index is 12.1. The van der Waals surface area contributed by atoms with Crippen molar-refractivity contribution in [1.82, 2.24) is 5.43 Å². The summed E-state index contributed by atoms with van der Waals surface area (Å²) in [7, 11) is 0. The molecule has 0 bridgehead atoms. The Bertz CT molecular complexity index is 856. The van der Waals surface area contributed by atoms with Crippen molar-refractivity contribution in [3.63, 3.8) is 0 Å². The summed E-state index contributed by atoms with van der Waals surface area (Å²) in [4.78, 5) is 26.3. The van der Waals surface area contributed by atoms with E-state index in [0.717, 1.165) is 41.2 Å². The number of hydrogen-bond donors (Lipinski definition) is 2. The van der Waals surface area contributed by atoms with Crippen LogP contribution in [0.15, 0.2) is 47.6 Å². The van der Waals surface area contributed by atoms with E-state index < -0.39 is 0 Å². The van der Waals surface area contributed by atoms with Crippen LogP contribution in [0.1, 0.15) is 43.4 Å². The lowest BCUT2D eigenvalue weighted by atomic mass is 10.1. The quantitative estimate of drug-likeness (QED) is 0.498. The van der Waals surface area contributed by atoms with Gasteiger partial charge in [-0.15, -0.1) is 0 Å². The smallest absolute Gasteiger partial charge is 0.240 e. The van der Waals surface area contributed by atoms with Gasteiger partial charge >= 0.3 is 0 Å². The van der Waals surface area contributed by atoms with Gasteiger partial charge in [-0.1, -0.05) is 24.3 Å². The molecule has 0 aliphatic carbocycles. The highest BCUT2D eigenvalue weighted by Gasteiger charge is 2.08. The van der Waals surface area contributed by atoms with Gasteiger partial charge in [0, 0.05) is 37.3 Å². The summed E-state index contributed by atoms with van der Waals surface area (Å²) >= 11 is 0. The Morgan fingerprint density at radius 1 is 0.966 bits per heavy atom. The van der Waals surface area contributed by atoms with E-state index in [2.05, 4.69) is 34.6 Å². The second kappa shape index (κ2) is 11.0. The van der Waals surface area contributed by atoms with E-state index in [1.165, 1.54) is 0 Å². The van der Waals surface area contributed by atoms with Crippen LogP contribution in [0.25, 0.3) is 0 Å². The molecule has 2 N–H and O–H groups in total. The van der Waals surface area contributed by atoms with Crippen LogP contribution in [0.4, 0.5) is 11.4 Å². The van der Waals surface area contributed by atoms with E-state index in [1.807, 2.05) is 56.3 Å². The summed E-state index contributed by atoms with van der Waals surface area (Å²) in [6.45, 7) is 10.1. The molecule has 29 heavy (non-hydrogen) atoms. The van der Waals surface area contributed by atoms with Crippen molar-refractivity contribution in [1.29, 1.82) is 0 Å². The number of hydrazone groups is 1. The van der Waals surface area contributed by atoms with Crippen molar-refractivity contribution in [3.05, 3.63) is 59.2 Å². The molecular formula is C23H30N4O2. The molecule has 0 heterocycles. The van der Waals surface area contributed by atoms with E-state index in [9.17, 15) is 9.59 Å². The van der Waals surface area contributed by atoms with E-state index in [0.29, 0.717) is 0 Å². The Morgan fingerprint density at radius 2 is 1.62 bits per heavy atom. The van der Waals surface area contributed by atoms with Gasteiger partial charge in [0.2, 0.25) is 11.8 Å². The zero-order valence-electron chi connectivity index (χ0n) is 17.7. The molecule has 2 aromatic rings. The van der Waals surface area contributed by atoms with Crippen molar-refractivity contribution < 1.29 is 9.59 Å².